The maximum Gasteiger partial charge on any atom is 0.350 e. The standard InChI is InChI=1S/C23H22ClNO4/c1-16-14-19(15-20(24)25-16)29-21(22(26)27-2)23(28-3,17-10-6-4-7-11-17)18-12-8-5-9-13-18/h4-15,21H,1-3H3. The van der Waals surface area contributed by atoms with Crippen LogP contribution < -0.4 is 4.74 Å². The van der Waals surface area contributed by atoms with Gasteiger partial charge in [-0.1, -0.05) is 72.3 Å². The van der Waals surface area contributed by atoms with Crippen LogP contribution in [0.5, 0.6) is 5.75 Å². The molecule has 0 fully saturated rings. The van der Waals surface area contributed by atoms with Crippen molar-refractivity contribution in [2.24, 2.45) is 0 Å². The van der Waals surface area contributed by atoms with E-state index in [0.717, 1.165) is 11.1 Å². The van der Waals surface area contributed by atoms with Crippen LogP contribution in [0.15, 0.2) is 72.8 Å². The minimum absolute atomic E-state index is 0.269. The van der Waals surface area contributed by atoms with Crippen molar-refractivity contribution in [2.45, 2.75) is 18.6 Å². The van der Waals surface area contributed by atoms with Crippen LogP contribution >= 0.6 is 11.6 Å². The van der Waals surface area contributed by atoms with Gasteiger partial charge in [0.15, 0.2) is 5.60 Å². The second-order valence-electron chi connectivity index (χ2n) is 6.46. The zero-order chi connectivity index (χ0) is 20.9. The number of benzene rings is 2. The first-order valence-electron chi connectivity index (χ1n) is 9.06. The minimum Gasteiger partial charge on any atom is -0.475 e. The molecule has 3 aromatic rings. The van der Waals surface area contributed by atoms with Gasteiger partial charge in [0, 0.05) is 24.9 Å². The number of hydrogen-bond donors (Lipinski definition) is 0. The van der Waals surface area contributed by atoms with E-state index in [0.29, 0.717) is 11.4 Å². The van der Waals surface area contributed by atoms with Gasteiger partial charge in [0.05, 0.1) is 7.11 Å². The molecular formula is C23H22ClNO4. The van der Waals surface area contributed by atoms with Crippen molar-refractivity contribution < 1.29 is 19.0 Å². The van der Waals surface area contributed by atoms with Crippen LogP contribution in [0.4, 0.5) is 0 Å². The lowest BCUT2D eigenvalue weighted by molar-refractivity contribution is -0.163. The fourth-order valence-corrected chi connectivity index (χ4v) is 3.63. The van der Waals surface area contributed by atoms with Crippen molar-refractivity contribution in [3.05, 3.63) is 94.8 Å². The zero-order valence-electron chi connectivity index (χ0n) is 16.5. The quantitative estimate of drug-likeness (QED) is 0.421. The third-order valence-electron chi connectivity index (χ3n) is 4.66. The monoisotopic (exact) mass is 411 g/mol. The first-order valence-corrected chi connectivity index (χ1v) is 9.44. The van der Waals surface area contributed by atoms with Crippen molar-refractivity contribution in [1.29, 1.82) is 0 Å². The van der Waals surface area contributed by atoms with Crippen molar-refractivity contribution in [3.63, 3.8) is 0 Å². The van der Waals surface area contributed by atoms with Crippen molar-refractivity contribution in [1.82, 2.24) is 4.98 Å². The van der Waals surface area contributed by atoms with E-state index in [2.05, 4.69) is 4.98 Å². The average Bonchev–Trinajstić information content (AvgIpc) is 2.74. The van der Waals surface area contributed by atoms with Crippen molar-refractivity contribution >= 4 is 17.6 Å². The summed E-state index contributed by atoms with van der Waals surface area (Å²) in [6.45, 7) is 1.80. The summed E-state index contributed by atoms with van der Waals surface area (Å²) < 4.78 is 17.3. The molecule has 2 aromatic carbocycles. The number of hydrogen-bond acceptors (Lipinski definition) is 5. The van der Waals surface area contributed by atoms with Crippen molar-refractivity contribution in [3.8, 4) is 5.75 Å². The molecule has 0 spiro atoms. The first kappa shape index (κ1) is 20.8. The van der Waals surface area contributed by atoms with Gasteiger partial charge >= 0.3 is 5.97 Å². The highest BCUT2D eigenvalue weighted by Gasteiger charge is 2.49. The number of ether oxygens (including phenoxy) is 3. The Morgan fingerprint density at radius 3 is 1.97 bits per heavy atom. The number of halogens is 1. The van der Waals surface area contributed by atoms with Gasteiger partial charge in [0.25, 0.3) is 0 Å². The molecule has 0 bridgehead atoms. The summed E-state index contributed by atoms with van der Waals surface area (Å²) >= 11 is 6.09. The topological polar surface area (TPSA) is 57.7 Å². The number of esters is 1. The number of aromatic nitrogens is 1. The summed E-state index contributed by atoms with van der Waals surface area (Å²) in [7, 11) is 2.87. The molecule has 0 radical (unpaired) electrons. The molecule has 0 aliphatic rings. The molecule has 1 atom stereocenters. The van der Waals surface area contributed by atoms with Gasteiger partial charge in [-0.15, -0.1) is 0 Å². The Kier molecular flexibility index (Phi) is 6.52. The maximum absolute atomic E-state index is 13.0. The van der Waals surface area contributed by atoms with E-state index in [-0.39, 0.29) is 5.15 Å². The molecular weight excluding hydrogens is 390 g/mol. The molecule has 0 aliphatic carbocycles. The van der Waals surface area contributed by atoms with E-state index in [4.69, 9.17) is 25.8 Å². The van der Waals surface area contributed by atoms with Crippen LogP contribution in [0.3, 0.4) is 0 Å². The lowest BCUT2D eigenvalue weighted by atomic mass is 9.81. The van der Waals surface area contributed by atoms with Gasteiger partial charge in [0.1, 0.15) is 10.9 Å². The van der Waals surface area contributed by atoms with Gasteiger partial charge in [0.2, 0.25) is 6.10 Å². The van der Waals surface area contributed by atoms with Crippen LogP contribution in [0.2, 0.25) is 5.15 Å². The predicted molar refractivity (Wildman–Crippen MR) is 111 cm³/mol. The fraction of sp³-hybridized carbons (Fsp3) is 0.217. The Balaban J connectivity index is 2.22. The second-order valence-corrected chi connectivity index (χ2v) is 6.85. The van der Waals surface area contributed by atoms with Gasteiger partial charge in [-0.05, 0) is 18.1 Å². The van der Waals surface area contributed by atoms with Gasteiger partial charge in [-0.3, -0.25) is 0 Å². The molecule has 5 nitrogen and oxygen atoms in total. The highest BCUT2D eigenvalue weighted by molar-refractivity contribution is 6.29. The van der Waals surface area contributed by atoms with E-state index >= 15 is 0 Å². The fourth-order valence-electron chi connectivity index (χ4n) is 3.39. The summed E-state index contributed by atoms with van der Waals surface area (Å²) in [6, 6.07) is 22.1. The molecule has 0 amide bonds. The van der Waals surface area contributed by atoms with Crippen LogP contribution in [0.1, 0.15) is 16.8 Å². The van der Waals surface area contributed by atoms with E-state index in [9.17, 15) is 4.79 Å². The molecule has 6 heteroatoms. The number of rotatable bonds is 7. The molecule has 0 aliphatic heterocycles. The molecule has 0 saturated heterocycles. The number of pyridine rings is 1. The Morgan fingerprint density at radius 1 is 0.966 bits per heavy atom. The lowest BCUT2D eigenvalue weighted by Gasteiger charge is -2.38. The number of methoxy groups -OCH3 is 2. The number of aryl methyl sites for hydroxylation is 1. The molecule has 1 unspecified atom stereocenters. The molecule has 0 N–H and O–H groups in total. The smallest absolute Gasteiger partial charge is 0.350 e. The molecule has 1 heterocycles. The Bertz CT molecular complexity index is 903. The Morgan fingerprint density at radius 2 is 1.52 bits per heavy atom. The minimum atomic E-state index is -1.25. The normalized spacial score (nSPS) is 12.3. The van der Waals surface area contributed by atoms with E-state index in [1.54, 1.807) is 26.2 Å². The highest BCUT2D eigenvalue weighted by atomic mass is 35.5. The Hall–Kier alpha value is -2.89. The summed E-state index contributed by atoms with van der Waals surface area (Å²) in [5.74, 6) is -0.184. The summed E-state index contributed by atoms with van der Waals surface area (Å²) in [6.07, 6.45) is -1.14. The van der Waals surface area contributed by atoms with Gasteiger partial charge < -0.3 is 14.2 Å². The van der Waals surface area contributed by atoms with E-state index in [1.807, 2.05) is 60.7 Å². The van der Waals surface area contributed by atoms with Crippen LogP contribution in [-0.2, 0) is 19.9 Å². The largest absolute Gasteiger partial charge is 0.475 e. The lowest BCUT2D eigenvalue weighted by Crippen LogP contribution is -2.51. The molecule has 3 rings (SSSR count). The molecule has 29 heavy (non-hydrogen) atoms. The number of carbonyl (C=O) groups excluding carboxylic acids is 1. The molecule has 150 valence electrons. The molecule has 1 aromatic heterocycles. The summed E-state index contributed by atoms with van der Waals surface area (Å²) in [5, 5.41) is 0.269. The third-order valence-corrected chi connectivity index (χ3v) is 4.85. The summed E-state index contributed by atoms with van der Waals surface area (Å²) in [4.78, 5) is 17.1. The predicted octanol–water partition coefficient (Wildman–Crippen LogP) is 4.55. The number of nitrogens with zero attached hydrogens (tertiary/aromatic N) is 1. The molecule has 0 saturated carbocycles. The zero-order valence-corrected chi connectivity index (χ0v) is 17.2. The Labute approximate surface area is 175 Å². The van der Waals surface area contributed by atoms with E-state index < -0.39 is 17.7 Å². The van der Waals surface area contributed by atoms with E-state index in [1.165, 1.54) is 7.11 Å². The van der Waals surface area contributed by atoms with Gasteiger partial charge in [-0.25, -0.2) is 9.78 Å². The average molecular weight is 412 g/mol. The maximum atomic E-state index is 13.0. The van der Waals surface area contributed by atoms with Crippen molar-refractivity contribution in [2.75, 3.05) is 14.2 Å². The summed E-state index contributed by atoms with van der Waals surface area (Å²) in [5.41, 5.74) is 0.916. The van der Waals surface area contributed by atoms with Crippen LogP contribution in [0, 0.1) is 6.92 Å². The number of carbonyl (C=O) groups is 1. The van der Waals surface area contributed by atoms with Gasteiger partial charge in [-0.2, -0.15) is 0 Å². The SMILES string of the molecule is COC(=O)C(Oc1cc(C)nc(Cl)c1)C(OC)(c1ccccc1)c1ccccc1. The first-order chi connectivity index (χ1) is 14.0. The van der Waals surface area contributed by atoms with Crippen LogP contribution in [0.25, 0.3) is 0 Å². The highest BCUT2D eigenvalue weighted by Crippen LogP contribution is 2.39. The van der Waals surface area contributed by atoms with Crippen LogP contribution in [-0.4, -0.2) is 31.3 Å². The third kappa shape index (κ3) is 4.26. The second kappa shape index (κ2) is 9.07.